The van der Waals surface area contributed by atoms with Crippen molar-refractivity contribution in [2.24, 2.45) is 5.92 Å². The van der Waals surface area contributed by atoms with Crippen LogP contribution >= 0.6 is 0 Å². The summed E-state index contributed by atoms with van der Waals surface area (Å²) in [7, 11) is 0. The monoisotopic (exact) mass is 252 g/mol. The van der Waals surface area contributed by atoms with Crippen LogP contribution in [0.2, 0.25) is 0 Å². The van der Waals surface area contributed by atoms with Gasteiger partial charge in [0.25, 0.3) is 0 Å². The van der Waals surface area contributed by atoms with Crippen molar-refractivity contribution in [1.29, 1.82) is 0 Å². The lowest BCUT2D eigenvalue weighted by Crippen LogP contribution is -2.66. The van der Waals surface area contributed by atoms with Gasteiger partial charge in [0.15, 0.2) is 0 Å². The molecule has 1 heterocycles. The predicted molar refractivity (Wildman–Crippen MR) is 70.0 cm³/mol. The molecule has 2 aliphatic rings. The van der Waals surface area contributed by atoms with Crippen LogP contribution < -0.4 is 5.32 Å². The van der Waals surface area contributed by atoms with Crippen LogP contribution in [0.5, 0.6) is 0 Å². The first-order valence-electron chi connectivity index (χ1n) is 7.08. The van der Waals surface area contributed by atoms with Crippen molar-refractivity contribution in [1.82, 2.24) is 10.2 Å². The number of rotatable bonds is 2. The Hall–Kier alpha value is -1.06. The lowest BCUT2D eigenvalue weighted by atomic mass is 9.81. The summed E-state index contributed by atoms with van der Waals surface area (Å²) in [6.45, 7) is 6.01. The highest BCUT2D eigenvalue weighted by Gasteiger charge is 2.43. The van der Waals surface area contributed by atoms with E-state index in [1.54, 1.807) is 13.8 Å². The van der Waals surface area contributed by atoms with Gasteiger partial charge >= 0.3 is 0 Å². The summed E-state index contributed by atoms with van der Waals surface area (Å²) >= 11 is 0. The van der Waals surface area contributed by atoms with E-state index in [2.05, 4.69) is 12.2 Å². The Kier molecular flexibility index (Phi) is 3.64. The molecule has 1 saturated heterocycles. The molecule has 2 atom stereocenters. The fourth-order valence-electron chi connectivity index (χ4n) is 3.37. The van der Waals surface area contributed by atoms with Gasteiger partial charge in [-0.25, -0.2) is 0 Å². The van der Waals surface area contributed by atoms with Crippen molar-refractivity contribution in [2.45, 2.75) is 64.5 Å². The molecule has 0 radical (unpaired) electrons. The van der Waals surface area contributed by atoms with Gasteiger partial charge in [-0.3, -0.25) is 9.59 Å². The quantitative estimate of drug-likeness (QED) is 0.813. The minimum Gasteiger partial charge on any atom is -0.341 e. The molecule has 0 aromatic rings. The summed E-state index contributed by atoms with van der Waals surface area (Å²) in [5.41, 5.74) is -0.745. The smallest absolute Gasteiger partial charge is 0.248 e. The van der Waals surface area contributed by atoms with Gasteiger partial charge in [0.1, 0.15) is 5.54 Å². The molecule has 2 fully saturated rings. The summed E-state index contributed by atoms with van der Waals surface area (Å²) in [4.78, 5) is 26.1. The second-order valence-electron chi connectivity index (χ2n) is 6.13. The standard InChI is InChI=1S/C14H24N2O2/c1-4-10-7-5-6-8-11(10)16-9-12(17)15-14(2,3)13(16)18/h10-11H,4-9H2,1-3H3,(H,15,17). The van der Waals surface area contributed by atoms with Crippen molar-refractivity contribution in [3.05, 3.63) is 0 Å². The van der Waals surface area contributed by atoms with Crippen LogP contribution in [0.3, 0.4) is 0 Å². The van der Waals surface area contributed by atoms with E-state index in [4.69, 9.17) is 0 Å². The molecule has 2 amide bonds. The van der Waals surface area contributed by atoms with Gasteiger partial charge in [-0.1, -0.05) is 26.2 Å². The molecule has 18 heavy (non-hydrogen) atoms. The fraction of sp³-hybridized carbons (Fsp3) is 0.857. The lowest BCUT2D eigenvalue weighted by molar-refractivity contribution is -0.152. The zero-order valence-electron chi connectivity index (χ0n) is 11.7. The van der Waals surface area contributed by atoms with E-state index < -0.39 is 5.54 Å². The van der Waals surface area contributed by atoms with Crippen LogP contribution in [0, 0.1) is 5.92 Å². The van der Waals surface area contributed by atoms with Gasteiger partial charge in [0.05, 0.1) is 6.54 Å². The van der Waals surface area contributed by atoms with Gasteiger partial charge in [0.2, 0.25) is 11.8 Å². The molecule has 4 heteroatoms. The maximum Gasteiger partial charge on any atom is 0.248 e. The molecule has 0 aromatic carbocycles. The molecule has 102 valence electrons. The van der Waals surface area contributed by atoms with E-state index >= 15 is 0 Å². The predicted octanol–water partition coefficient (Wildman–Crippen LogP) is 1.69. The van der Waals surface area contributed by atoms with Crippen LogP contribution in [0.1, 0.15) is 52.9 Å². The minimum atomic E-state index is -0.745. The first-order chi connectivity index (χ1) is 8.45. The van der Waals surface area contributed by atoms with Crippen molar-refractivity contribution < 1.29 is 9.59 Å². The van der Waals surface area contributed by atoms with Crippen molar-refractivity contribution in [3.63, 3.8) is 0 Å². The van der Waals surface area contributed by atoms with Gasteiger partial charge in [0, 0.05) is 6.04 Å². The number of carbonyl (C=O) groups is 2. The number of amides is 2. The van der Waals surface area contributed by atoms with Crippen molar-refractivity contribution >= 4 is 11.8 Å². The molecule has 1 aliphatic heterocycles. The third-order valence-electron chi connectivity index (χ3n) is 4.36. The second-order valence-corrected chi connectivity index (χ2v) is 6.13. The summed E-state index contributed by atoms with van der Waals surface area (Å²) < 4.78 is 0. The van der Waals surface area contributed by atoms with Crippen LogP contribution in [0.4, 0.5) is 0 Å². The zero-order chi connectivity index (χ0) is 13.3. The topological polar surface area (TPSA) is 49.4 Å². The fourth-order valence-corrected chi connectivity index (χ4v) is 3.37. The Morgan fingerprint density at radius 1 is 1.28 bits per heavy atom. The Balaban J connectivity index is 2.19. The molecule has 2 rings (SSSR count). The highest BCUT2D eigenvalue weighted by Crippen LogP contribution is 2.32. The Labute approximate surface area is 109 Å². The molecule has 1 aliphatic carbocycles. The first kappa shape index (κ1) is 13.4. The summed E-state index contributed by atoms with van der Waals surface area (Å²) in [5, 5.41) is 2.78. The molecule has 0 spiro atoms. The summed E-state index contributed by atoms with van der Waals surface area (Å²) in [6.07, 6.45) is 5.76. The maximum atomic E-state index is 12.5. The molecule has 4 nitrogen and oxygen atoms in total. The molecule has 0 bridgehead atoms. The minimum absolute atomic E-state index is 0.0278. The molecule has 0 aromatic heterocycles. The van der Waals surface area contributed by atoms with E-state index in [1.165, 1.54) is 19.3 Å². The lowest BCUT2D eigenvalue weighted by Gasteiger charge is -2.45. The van der Waals surface area contributed by atoms with Gasteiger partial charge < -0.3 is 10.2 Å². The number of hydrogen-bond donors (Lipinski definition) is 1. The number of carbonyl (C=O) groups excluding carboxylic acids is 2. The number of nitrogens with one attached hydrogen (secondary N) is 1. The zero-order valence-corrected chi connectivity index (χ0v) is 11.7. The molecular weight excluding hydrogens is 228 g/mol. The van der Waals surface area contributed by atoms with E-state index in [1.807, 2.05) is 4.90 Å². The third kappa shape index (κ3) is 2.38. The van der Waals surface area contributed by atoms with Gasteiger partial charge in [-0.05, 0) is 32.6 Å². The van der Waals surface area contributed by atoms with E-state index in [-0.39, 0.29) is 24.4 Å². The molecule has 1 saturated carbocycles. The Bertz CT molecular complexity index is 352. The first-order valence-corrected chi connectivity index (χ1v) is 7.08. The SMILES string of the molecule is CCC1CCCCC1N1CC(=O)NC(C)(C)C1=O. The maximum absolute atomic E-state index is 12.5. The van der Waals surface area contributed by atoms with Gasteiger partial charge in [-0.15, -0.1) is 0 Å². The number of nitrogens with zero attached hydrogens (tertiary/aromatic N) is 1. The van der Waals surface area contributed by atoms with Crippen LogP contribution in [-0.2, 0) is 9.59 Å². The molecule has 2 unspecified atom stereocenters. The number of piperazine rings is 1. The largest absolute Gasteiger partial charge is 0.341 e. The van der Waals surface area contributed by atoms with E-state index in [0.717, 1.165) is 12.8 Å². The average Bonchev–Trinajstić information content (AvgIpc) is 2.33. The number of hydrogen-bond acceptors (Lipinski definition) is 2. The Morgan fingerprint density at radius 2 is 1.94 bits per heavy atom. The van der Waals surface area contributed by atoms with Gasteiger partial charge in [-0.2, -0.15) is 0 Å². The van der Waals surface area contributed by atoms with Crippen LogP contribution in [0.25, 0.3) is 0 Å². The normalized spacial score (nSPS) is 32.3. The average molecular weight is 252 g/mol. The third-order valence-corrected chi connectivity index (χ3v) is 4.36. The summed E-state index contributed by atoms with van der Waals surface area (Å²) in [6, 6.07) is 0.265. The van der Waals surface area contributed by atoms with Crippen molar-refractivity contribution in [2.75, 3.05) is 6.54 Å². The van der Waals surface area contributed by atoms with Crippen LogP contribution in [0.15, 0.2) is 0 Å². The Morgan fingerprint density at radius 3 is 2.61 bits per heavy atom. The van der Waals surface area contributed by atoms with E-state index in [9.17, 15) is 9.59 Å². The highest BCUT2D eigenvalue weighted by atomic mass is 16.2. The van der Waals surface area contributed by atoms with Crippen LogP contribution in [-0.4, -0.2) is 34.8 Å². The second kappa shape index (κ2) is 4.90. The molecular formula is C14H24N2O2. The summed E-state index contributed by atoms with van der Waals surface area (Å²) in [5.74, 6) is 0.608. The highest BCUT2D eigenvalue weighted by molar-refractivity contribution is 5.97. The van der Waals surface area contributed by atoms with E-state index in [0.29, 0.717) is 5.92 Å². The molecule has 1 N–H and O–H groups in total. The van der Waals surface area contributed by atoms with Crippen molar-refractivity contribution in [3.8, 4) is 0 Å².